The maximum atomic E-state index is 12.9. The van der Waals surface area contributed by atoms with Gasteiger partial charge in [-0.2, -0.15) is 0 Å². The van der Waals surface area contributed by atoms with Gasteiger partial charge in [-0.25, -0.2) is 9.78 Å². The van der Waals surface area contributed by atoms with Crippen molar-refractivity contribution in [1.82, 2.24) is 10.3 Å². The molecule has 1 amide bonds. The van der Waals surface area contributed by atoms with Crippen molar-refractivity contribution in [3.8, 4) is 11.3 Å². The Kier molecular flexibility index (Phi) is 6.82. The highest BCUT2D eigenvalue weighted by molar-refractivity contribution is 6.30. The second kappa shape index (κ2) is 9.92. The number of aromatic nitrogens is 1. The lowest BCUT2D eigenvalue weighted by atomic mass is 10.0. The van der Waals surface area contributed by atoms with Crippen LogP contribution in [0.1, 0.15) is 48.9 Å². The predicted molar refractivity (Wildman–Crippen MR) is 122 cm³/mol. The highest BCUT2D eigenvalue weighted by Crippen LogP contribution is 2.26. The van der Waals surface area contributed by atoms with Gasteiger partial charge in [-0.1, -0.05) is 67.6 Å². The van der Waals surface area contributed by atoms with Crippen LogP contribution in [0.25, 0.3) is 22.2 Å². The molecule has 1 aromatic heterocycles. The molecule has 1 aliphatic carbocycles. The van der Waals surface area contributed by atoms with Crippen molar-refractivity contribution in [2.24, 2.45) is 0 Å². The second-order valence-corrected chi connectivity index (χ2v) is 8.35. The molecule has 4 rings (SSSR count). The van der Waals surface area contributed by atoms with Gasteiger partial charge < -0.3 is 10.1 Å². The smallest absolute Gasteiger partial charge is 0.339 e. The number of nitrogens with zero attached hydrogens (tertiary/aromatic N) is 1. The number of hydrogen-bond acceptors (Lipinski definition) is 4. The summed E-state index contributed by atoms with van der Waals surface area (Å²) < 4.78 is 5.38. The molecule has 1 fully saturated rings. The van der Waals surface area contributed by atoms with Crippen molar-refractivity contribution in [3.63, 3.8) is 0 Å². The molecule has 0 unspecified atom stereocenters. The van der Waals surface area contributed by atoms with E-state index in [1.807, 2.05) is 36.4 Å². The molecular formula is C25H25ClN2O3. The summed E-state index contributed by atoms with van der Waals surface area (Å²) in [6.45, 7) is -0.289. The van der Waals surface area contributed by atoms with Gasteiger partial charge in [0.2, 0.25) is 0 Å². The molecule has 6 heteroatoms. The second-order valence-electron chi connectivity index (χ2n) is 7.91. The zero-order valence-corrected chi connectivity index (χ0v) is 18.0. The van der Waals surface area contributed by atoms with Crippen molar-refractivity contribution in [3.05, 3.63) is 65.2 Å². The van der Waals surface area contributed by atoms with E-state index >= 15 is 0 Å². The Morgan fingerprint density at radius 2 is 1.71 bits per heavy atom. The van der Waals surface area contributed by atoms with Gasteiger partial charge in [-0.05, 0) is 37.1 Å². The summed E-state index contributed by atoms with van der Waals surface area (Å²) in [6.07, 6.45) is 6.65. The molecule has 0 aliphatic heterocycles. The minimum absolute atomic E-state index is 0.173. The van der Waals surface area contributed by atoms with Crippen molar-refractivity contribution in [2.75, 3.05) is 6.61 Å². The first kappa shape index (κ1) is 21.3. The highest BCUT2D eigenvalue weighted by atomic mass is 35.5. The Morgan fingerprint density at radius 3 is 2.45 bits per heavy atom. The largest absolute Gasteiger partial charge is 0.452 e. The zero-order valence-electron chi connectivity index (χ0n) is 17.3. The third-order valence-corrected chi connectivity index (χ3v) is 5.88. The molecule has 1 N–H and O–H groups in total. The lowest BCUT2D eigenvalue weighted by Crippen LogP contribution is -2.37. The Bertz CT molecular complexity index is 1070. The molecule has 0 spiro atoms. The van der Waals surface area contributed by atoms with Crippen molar-refractivity contribution < 1.29 is 14.3 Å². The van der Waals surface area contributed by atoms with Gasteiger partial charge >= 0.3 is 5.97 Å². The van der Waals surface area contributed by atoms with Crippen LogP contribution in [0.15, 0.2) is 54.6 Å². The van der Waals surface area contributed by atoms with Gasteiger partial charge in [0.15, 0.2) is 6.61 Å². The van der Waals surface area contributed by atoms with Gasteiger partial charge in [-0.3, -0.25) is 4.79 Å². The van der Waals surface area contributed by atoms with Crippen LogP contribution in [-0.4, -0.2) is 29.5 Å². The number of halogens is 1. The van der Waals surface area contributed by atoms with E-state index in [1.54, 1.807) is 18.2 Å². The Morgan fingerprint density at radius 1 is 1.00 bits per heavy atom. The van der Waals surface area contributed by atoms with Gasteiger partial charge in [0.05, 0.1) is 16.8 Å². The Hall–Kier alpha value is -2.92. The predicted octanol–water partition coefficient (Wildman–Crippen LogP) is 5.55. The summed E-state index contributed by atoms with van der Waals surface area (Å²) >= 11 is 5.99. The van der Waals surface area contributed by atoms with Crippen molar-refractivity contribution in [1.29, 1.82) is 0 Å². The van der Waals surface area contributed by atoms with Crippen LogP contribution in [0.4, 0.5) is 0 Å². The molecule has 0 radical (unpaired) electrons. The van der Waals surface area contributed by atoms with Crippen LogP contribution >= 0.6 is 11.6 Å². The number of benzene rings is 2. The first-order valence-corrected chi connectivity index (χ1v) is 11.1. The Balaban J connectivity index is 1.51. The monoisotopic (exact) mass is 436 g/mol. The first-order valence-electron chi connectivity index (χ1n) is 10.7. The minimum atomic E-state index is -0.537. The molecule has 1 saturated carbocycles. The standard InChI is InChI=1S/C25H25ClN2O3/c26-18-13-11-17(12-14-18)23-15-21(20-9-5-6-10-22(20)28-23)25(30)31-16-24(29)27-19-7-3-1-2-4-8-19/h5-6,9-15,19H,1-4,7-8,16H2,(H,27,29). The molecule has 160 valence electrons. The first-order chi connectivity index (χ1) is 15.1. The fourth-order valence-corrected chi connectivity index (χ4v) is 4.14. The van der Waals surface area contributed by atoms with Crippen molar-refractivity contribution in [2.45, 2.75) is 44.6 Å². The number of pyridine rings is 1. The average Bonchev–Trinajstić information content (AvgIpc) is 3.06. The lowest BCUT2D eigenvalue weighted by Gasteiger charge is -2.16. The number of carbonyl (C=O) groups is 2. The van der Waals surface area contributed by atoms with E-state index in [0.717, 1.165) is 31.2 Å². The number of para-hydroxylation sites is 1. The van der Waals surface area contributed by atoms with E-state index < -0.39 is 5.97 Å². The summed E-state index contributed by atoms with van der Waals surface area (Å²) in [5, 5.41) is 4.32. The SMILES string of the molecule is O=C(COC(=O)c1cc(-c2ccc(Cl)cc2)nc2ccccc12)NC1CCCCCC1. The number of fused-ring (bicyclic) bond motifs is 1. The van der Waals surface area contributed by atoms with Crippen molar-refractivity contribution >= 4 is 34.4 Å². The van der Waals surface area contributed by atoms with Crippen LogP contribution in [0, 0.1) is 0 Å². The van der Waals surface area contributed by atoms with Crippen LogP contribution in [0.5, 0.6) is 0 Å². The lowest BCUT2D eigenvalue weighted by molar-refractivity contribution is -0.125. The van der Waals surface area contributed by atoms with Gasteiger partial charge in [0.25, 0.3) is 5.91 Å². The summed E-state index contributed by atoms with van der Waals surface area (Å²) in [5.74, 6) is -0.790. The molecule has 0 saturated heterocycles. The molecule has 5 nitrogen and oxygen atoms in total. The quantitative estimate of drug-likeness (QED) is 0.420. The van der Waals surface area contributed by atoms with Crippen LogP contribution in [-0.2, 0) is 9.53 Å². The summed E-state index contributed by atoms with van der Waals surface area (Å²) in [5.41, 5.74) is 2.56. The normalized spacial score (nSPS) is 14.7. The maximum absolute atomic E-state index is 12.9. The number of amides is 1. The fraction of sp³-hybridized carbons (Fsp3) is 0.320. The van der Waals surface area contributed by atoms with Crippen LogP contribution < -0.4 is 5.32 Å². The van der Waals surface area contributed by atoms with Gasteiger partial charge in [0, 0.05) is 22.0 Å². The molecule has 3 aromatic rings. The molecular weight excluding hydrogens is 412 g/mol. The number of carbonyl (C=O) groups excluding carboxylic acids is 2. The Labute approximate surface area is 186 Å². The number of rotatable bonds is 5. The number of esters is 1. The van der Waals surface area contributed by atoms with Gasteiger partial charge in [-0.15, -0.1) is 0 Å². The molecule has 31 heavy (non-hydrogen) atoms. The van der Waals surface area contributed by atoms with Crippen LogP contribution in [0.2, 0.25) is 5.02 Å². The maximum Gasteiger partial charge on any atom is 0.339 e. The fourth-order valence-electron chi connectivity index (χ4n) is 4.01. The average molecular weight is 437 g/mol. The van der Waals surface area contributed by atoms with E-state index in [1.165, 1.54) is 12.8 Å². The van der Waals surface area contributed by atoms with E-state index in [-0.39, 0.29) is 18.6 Å². The summed E-state index contributed by atoms with van der Waals surface area (Å²) in [7, 11) is 0. The van der Waals surface area contributed by atoms with Crippen LogP contribution in [0.3, 0.4) is 0 Å². The van der Waals surface area contributed by atoms with E-state index in [0.29, 0.717) is 27.2 Å². The molecule has 1 aliphatic rings. The summed E-state index contributed by atoms with van der Waals surface area (Å²) in [4.78, 5) is 29.9. The van der Waals surface area contributed by atoms with Gasteiger partial charge in [0.1, 0.15) is 0 Å². The third kappa shape index (κ3) is 5.42. The molecule has 0 atom stereocenters. The summed E-state index contributed by atoms with van der Waals surface area (Å²) in [6, 6.07) is 16.6. The zero-order chi connectivity index (χ0) is 21.6. The third-order valence-electron chi connectivity index (χ3n) is 5.63. The molecule has 2 aromatic carbocycles. The van der Waals surface area contributed by atoms with E-state index in [9.17, 15) is 9.59 Å². The minimum Gasteiger partial charge on any atom is -0.452 e. The number of nitrogens with one attached hydrogen (secondary N) is 1. The number of hydrogen-bond donors (Lipinski definition) is 1. The highest BCUT2D eigenvalue weighted by Gasteiger charge is 2.19. The molecule has 0 bridgehead atoms. The topological polar surface area (TPSA) is 68.3 Å². The molecule has 1 heterocycles. The number of ether oxygens (including phenoxy) is 1. The van der Waals surface area contributed by atoms with E-state index in [2.05, 4.69) is 10.3 Å². The van der Waals surface area contributed by atoms with E-state index in [4.69, 9.17) is 16.3 Å².